The summed E-state index contributed by atoms with van der Waals surface area (Å²) in [6.07, 6.45) is 3.51. The van der Waals surface area contributed by atoms with Crippen LogP contribution in [0.2, 0.25) is 0 Å². The fourth-order valence-electron chi connectivity index (χ4n) is 3.86. The summed E-state index contributed by atoms with van der Waals surface area (Å²) < 4.78 is 26.9. The van der Waals surface area contributed by atoms with Crippen molar-refractivity contribution in [1.29, 1.82) is 0 Å². The van der Waals surface area contributed by atoms with Crippen molar-refractivity contribution < 1.29 is 18.5 Å². The van der Waals surface area contributed by atoms with E-state index in [1.54, 1.807) is 12.0 Å². The second-order valence-corrected chi connectivity index (χ2v) is 11.7. The van der Waals surface area contributed by atoms with Gasteiger partial charge in [0.15, 0.2) is 0 Å². The van der Waals surface area contributed by atoms with Crippen molar-refractivity contribution in [3.05, 3.63) is 0 Å². The molecule has 1 unspecified atom stereocenters. The van der Waals surface area contributed by atoms with Gasteiger partial charge in [-0.3, -0.25) is 0 Å². The minimum atomic E-state index is -1.11. The van der Waals surface area contributed by atoms with Crippen LogP contribution in [0, 0.1) is 5.41 Å². The summed E-state index contributed by atoms with van der Waals surface area (Å²) in [6.45, 7) is 13.0. The summed E-state index contributed by atoms with van der Waals surface area (Å²) in [4.78, 5) is 14.1. The van der Waals surface area contributed by atoms with Crippen molar-refractivity contribution in [1.82, 2.24) is 9.62 Å². The highest BCUT2D eigenvalue weighted by atomic mass is 32.2. The van der Waals surface area contributed by atoms with E-state index in [4.69, 9.17) is 9.47 Å². The molecule has 1 N–H and O–H groups in total. The lowest BCUT2D eigenvalue weighted by atomic mass is 9.74. The Morgan fingerprint density at radius 2 is 1.73 bits per heavy atom. The predicted octanol–water partition coefficient (Wildman–Crippen LogP) is 3.23. The molecule has 6 nitrogen and oxygen atoms in total. The smallest absolute Gasteiger partial charge is 0.410 e. The van der Waals surface area contributed by atoms with Crippen molar-refractivity contribution in [3.63, 3.8) is 0 Å². The lowest BCUT2D eigenvalue weighted by Gasteiger charge is -2.43. The highest BCUT2D eigenvalue weighted by Crippen LogP contribution is 2.47. The molecule has 3 atom stereocenters. The summed E-state index contributed by atoms with van der Waals surface area (Å²) >= 11 is 0. The maximum atomic E-state index is 12.6. The van der Waals surface area contributed by atoms with Crippen LogP contribution < -0.4 is 4.72 Å². The summed E-state index contributed by atoms with van der Waals surface area (Å²) in [6, 6.07) is 0.147. The average molecular weight is 389 g/mol. The molecule has 1 saturated carbocycles. The summed E-state index contributed by atoms with van der Waals surface area (Å²) in [5.74, 6) is 0. The number of ether oxygens (including phenoxy) is 2. The van der Waals surface area contributed by atoms with Crippen molar-refractivity contribution in [2.24, 2.45) is 5.41 Å². The molecule has 2 fully saturated rings. The standard InChI is InChI=1S/C19H36N2O4S/c1-17(2,3)25-16(22)21-10-8-19(9-11-21)13-14(24-7)12-15(19)20-26(23)18(4,5)6/h14-15,20H,8-13H2,1-7H3/t14-,15-,26?/m1/s1. The Hall–Kier alpha value is -0.660. The Morgan fingerprint density at radius 3 is 2.19 bits per heavy atom. The maximum absolute atomic E-state index is 12.6. The minimum Gasteiger partial charge on any atom is -0.444 e. The maximum Gasteiger partial charge on any atom is 0.410 e. The Balaban J connectivity index is 2.05. The Labute approximate surface area is 161 Å². The van der Waals surface area contributed by atoms with Gasteiger partial charge in [0, 0.05) is 26.2 Å². The molecule has 1 aliphatic carbocycles. The third kappa shape index (κ3) is 5.20. The van der Waals surface area contributed by atoms with Gasteiger partial charge in [-0.1, -0.05) is 0 Å². The lowest BCUT2D eigenvalue weighted by molar-refractivity contribution is 0.00589. The second-order valence-electron chi connectivity index (χ2n) is 9.68. The fourth-order valence-corrected chi connectivity index (χ4v) is 4.82. The van der Waals surface area contributed by atoms with Crippen molar-refractivity contribution >= 4 is 17.1 Å². The zero-order valence-electron chi connectivity index (χ0n) is 17.4. The molecule has 7 heteroatoms. The topological polar surface area (TPSA) is 67.9 Å². The second kappa shape index (κ2) is 7.76. The lowest BCUT2D eigenvalue weighted by Crippen LogP contribution is -2.52. The molecule has 26 heavy (non-hydrogen) atoms. The van der Waals surface area contributed by atoms with Crippen LogP contribution in [0.25, 0.3) is 0 Å². The first-order valence-corrected chi connectivity index (χ1v) is 10.7. The highest BCUT2D eigenvalue weighted by Gasteiger charge is 2.50. The van der Waals surface area contributed by atoms with Crippen LogP contribution >= 0.6 is 0 Å². The normalized spacial score (nSPS) is 27.6. The largest absolute Gasteiger partial charge is 0.444 e. The van der Waals surface area contributed by atoms with E-state index >= 15 is 0 Å². The van der Waals surface area contributed by atoms with E-state index < -0.39 is 16.6 Å². The molecule has 0 aromatic rings. The molecule has 0 aromatic carbocycles. The van der Waals surface area contributed by atoms with Crippen LogP contribution in [0.15, 0.2) is 0 Å². The molecule has 0 radical (unpaired) electrons. The number of nitrogens with one attached hydrogen (secondary N) is 1. The minimum absolute atomic E-state index is 0.0279. The highest BCUT2D eigenvalue weighted by molar-refractivity contribution is 7.84. The molecule has 2 rings (SSSR count). The first-order valence-electron chi connectivity index (χ1n) is 9.55. The summed E-state index contributed by atoms with van der Waals surface area (Å²) in [5.41, 5.74) is -0.450. The van der Waals surface area contributed by atoms with E-state index in [1.807, 2.05) is 41.5 Å². The number of likely N-dealkylation sites (tertiary alicyclic amines) is 1. The van der Waals surface area contributed by atoms with Gasteiger partial charge in [0.05, 0.1) is 21.8 Å². The average Bonchev–Trinajstić information content (AvgIpc) is 2.83. The number of hydrogen-bond donors (Lipinski definition) is 1. The first-order chi connectivity index (χ1) is 11.9. The Kier molecular flexibility index (Phi) is 6.46. The van der Waals surface area contributed by atoms with E-state index in [0.717, 1.165) is 25.7 Å². The first kappa shape index (κ1) is 21.6. The third-order valence-electron chi connectivity index (χ3n) is 5.42. The van der Waals surface area contributed by atoms with Crippen molar-refractivity contribution in [2.75, 3.05) is 20.2 Å². The van der Waals surface area contributed by atoms with Gasteiger partial charge in [0.25, 0.3) is 0 Å². The van der Waals surface area contributed by atoms with E-state index in [1.165, 1.54) is 0 Å². The molecule has 0 bridgehead atoms. The van der Waals surface area contributed by atoms with Crippen LogP contribution in [0.5, 0.6) is 0 Å². The molecule has 1 spiro atoms. The molecule has 1 saturated heterocycles. The number of carbonyl (C=O) groups excluding carboxylic acids is 1. The Bertz CT molecular complexity index is 531. The monoisotopic (exact) mass is 388 g/mol. The van der Waals surface area contributed by atoms with E-state index in [9.17, 15) is 9.00 Å². The van der Waals surface area contributed by atoms with Crippen LogP contribution in [0.1, 0.15) is 67.2 Å². The van der Waals surface area contributed by atoms with Crippen LogP contribution in [-0.4, -0.2) is 57.9 Å². The van der Waals surface area contributed by atoms with Gasteiger partial charge in [0.1, 0.15) is 5.60 Å². The number of hydrogen-bond acceptors (Lipinski definition) is 4. The zero-order chi connectivity index (χ0) is 19.8. The summed E-state index contributed by atoms with van der Waals surface area (Å²) in [5, 5.41) is 0. The third-order valence-corrected chi connectivity index (χ3v) is 7.03. The van der Waals surface area contributed by atoms with Gasteiger partial charge >= 0.3 is 6.09 Å². The molecular weight excluding hydrogens is 352 g/mol. The summed E-state index contributed by atoms with van der Waals surface area (Å²) in [7, 11) is 0.634. The molecule has 0 aromatic heterocycles. The number of piperidine rings is 1. The van der Waals surface area contributed by atoms with Crippen LogP contribution in [0.4, 0.5) is 4.79 Å². The van der Waals surface area contributed by atoms with Gasteiger partial charge in [-0.25, -0.2) is 13.7 Å². The number of nitrogens with zero attached hydrogens (tertiary/aromatic N) is 1. The van der Waals surface area contributed by atoms with Gasteiger partial charge in [0.2, 0.25) is 0 Å². The number of amides is 1. The Morgan fingerprint density at radius 1 is 1.15 bits per heavy atom. The van der Waals surface area contributed by atoms with Gasteiger partial charge < -0.3 is 14.4 Å². The molecule has 1 aliphatic heterocycles. The van der Waals surface area contributed by atoms with E-state index in [-0.39, 0.29) is 28.4 Å². The molecule has 2 aliphatic rings. The van der Waals surface area contributed by atoms with E-state index in [0.29, 0.717) is 13.1 Å². The van der Waals surface area contributed by atoms with Gasteiger partial charge in [-0.15, -0.1) is 0 Å². The molecule has 1 heterocycles. The SMILES string of the molecule is CO[C@@H]1C[C@@H](NS(=O)C(C)(C)C)C2(CCN(C(=O)OC(C)(C)C)CC2)C1. The number of carbonyl (C=O) groups is 1. The molecule has 152 valence electrons. The quantitative estimate of drug-likeness (QED) is 0.806. The predicted molar refractivity (Wildman–Crippen MR) is 104 cm³/mol. The van der Waals surface area contributed by atoms with E-state index in [2.05, 4.69) is 4.72 Å². The number of rotatable bonds is 3. The van der Waals surface area contributed by atoms with Crippen LogP contribution in [0.3, 0.4) is 0 Å². The number of methoxy groups -OCH3 is 1. The van der Waals surface area contributed by atoms with Crippen molar-refractivity contribution in [3.8, 4) is 0 Å². The zero-order valence-corrected chi connectivity index (χ0v) is 18.2. The van der Waals surface area contributed by atoms with Gasteiger partial charge in [-0.2, -0.15) is 0 Å². The van der Waals surface area contributed by atoms with Crippen LogP contribution in [-0.2, 0) is 20.5 Å². The molecule has 1 amide bonds. The molecular formula is C19H36N2O4S. The van der Waals surface area contributed by atoms with Gasteiger partial charge in [-0.05, 0) is 72.6 Å². The van der Waals surface area contributed by atoms with Crippen molar-refractivity contribution in [2.45, 2.75) is 89.7 Å². The fraction of sp³-hybridized carbons (Fsp3) is 0.947.